The Morgan fingerprint density at radius 1 is 1.50 bits per heavy atom. The molecule has 0 aromatic carbocycles. The molecule has 2 N–H and O–H groups in total. The predicted molar refractivity (Wildman–Crippen MR) is 59.4 cm³/mol. The number of hydrogen-bond donors (Lipinski definition) is 2. The predicted octanol–water partition coefficient (Wildman–Crippen LogP) is 0.241. The van der Waals surface area contributed by atoms with Crippen LogP contribution < -0.4 is 0 Å². The third-order valence-corrected chi connectivity index (χ3v) is 4.22. The number of nitrogens with zero attached hydrogens (tertiary/aromatic N) is 2. The van der Waals surface area contributed by atoms with Gasteiger partial charge in [-0.25, -0.2) is 8.42 Å². The molecule has 1 aromatic rings. The van der Waals surface area contributed by atoms with Crippen LogP contribution in [0.4, 0.5) is 0 Å². The van der Waals surface area contributed by atoms with E-state index in [4.69, 9.17) is 5.11 Å². The molecule has 1 aromatic heterocycles. The molecule has 1 rings (SSSR count). The van der Waals surface area contributed by atoms with E-state index in [1.807, 2.05) is 6.92 Å². The summed E-state index contributed by atoms with van der Waals surface area (Å²) >= 11 is 0. The van der Waals surface area contributed by atoms with Gasteiger partial charge in [0.15, 0.2) is 5.03 Å². The van der Waals surface area contributed by atoms with E-state index >= 15 is 0 Å². The summed E-state index contributed by atoms with van der Waals surface area (Å²) in [4.78, 5) is 0. The number of aromatic nitrogens is 2. The van der Waals surface area contributed by atoms with E-state index in [0.29, 0.717) is 17.8 Å². The van der Waals surface area contributed by atoms with Crippen LogP contribution in [0.1, 0.15) is 24.6 Å². The van der Waals surface area contributed by atoms with E-state index in [9.17, 15) is 8.42 Å². The summed E-state index contributed by atoms with van der Waals surface area (Å²) in [6.45, 7) is 3.67. The van der Waals surface area contributed by atoms with E-state index in [2.05, 4.69) is 10.2 Å². The lowest BCUT2D eigenvalue weighted by Crippen LogP contribution is -2.28. The molecule has 0 spiro atoms. The molecular weight excluding hydrogens is 230 g/mol. The first-order valence-corrected chi connectivity index (χ1v) is 6.50. The van der Waals surface area contributed by atoms with E-state index in [-0.39, 0.29) is 11.6 Å². The van der Waals surface area contributed by atoms with E-state index in [1.54, 1.807) is 6.92 Å². The minimum absolute atomic E-state index is 0.0801. The normalized spacial score (nSPS) is 12.3. The molecule has 1 heterocycles. The van der Waals surface area contributed by atoms with E-state index < -0.39 is 10.0 Å². The fraction of sp³-hybridized carbons (Fsp3) is 0.667. The van der Waals surface area contributed by atoms with Crippen LogP contribution in [0.2, 0.25) is 0 Å². The standard InChI is InChI=1S/C9H17N3O3S/c1-4-5-12(3)16(14,15)9-8(6-13)7(2)10-11-9/h13H,4-6H2,1-3H3,(H,10,11). The molecule has 0 radical (unpaired) electrons. The summed E-state index contributed by atoms with van der Waals surface area (Å²) in [5, 5.41) is 15.4. The van der Waals surface area contributed by atoms with Crippen molar-refractivity contribution >= 4 is 10.0 Å². The number of aliphatic hydroxyl groups excluding tert-OH is 1. The number of rotatable bonds is 5. The number of aromatic amines is 1. The number of aryl methyl sites for hydroxylation is 1. The number of sulfonamides is 1. The van der Waals surface area contributed by atoms with Crippen LogP contribution in [0.15, 0.2) is 5.03 Å². The van der Waals surface area contributed by atoms with Crippen LogP contribution in [-0.4, -0.2) is 41.6 Å². The van der Waals surface area contributed by atoms with Crippen molar-refractivity contribution in [1.82, 2.24) is 14.5 Å². The summed E-state index contributed by atoms with van der Waals surface area (Å²) in [7, 11) is -2.09. The van der Waals surface area contributed by atoms with Crippen molar-refractivity contribution in [2.75, 3.05) is 13.6 Å². The minimum Gasteiger partial charge on any atom is -0.392 e. The summed E-state index contributed by atoms with van der Waals surface area (Å²) in [6.07, 6.45) is 0.730. The van der Waals surface area contributed by atoms with Gasteiger partial charge >= 0.3 is 0 Å². The molecular formula is C9H17N3O3S. The largest absolute Gasteiger partial charge is 0.392 e. The van der Waals surface area contributed by atoms with Crippen molar-refractivity contribution in [2.24, 2.45) is 0 Å². The molecule has 0 saturated heterocycles. The average Bonchev–Trinajstić information content (AvgIpc) is 2.60. The van der Waals surface area contributed by atoms with Gasteiger partial charge in [-0.3, -0.25) is 5.10 Å². The third kappa shape index (κ3) is 2.26. The maximum absolute atomic E-state index is 12.0. The zero-order valence-corrected chi connectivity index (χ0v) is 10.5. The first kappa shape index (κ1) is 13.1. The molecule has 92 valence electrons. The van der Waals surface area contributed by atoms with Crippen molar-refractivity contribution in [3.63, 3.8) is 0 Å². The van der Waals surface area contributed by atoms with Gasteiger partial charge in [0.2, 0.25) is 0 Å². The number of hydrogen-bond acceptors (Lipinski definition) is 4. The second-order valence-corrected chi connectivity index (χ2v) is 5.58. The van der Waals surface area contributed by atoms with E-state index in [0.717, 1.165) is 6.42 Å². The van der Waals surface area contributed by atoms with Gasteiger partial charge in [-0.1, -0.05) is 6.92 Å². The molecule has 0 bridgehead atoms. The molecule has 0 aliphatic rings. The van der Waals surface area contributed by atoms with Gasteiger partial charge in [0.05, 0.1) is 6.61 Å². The lowest BCUT2D eigenvalue weighted by Gasteiger charge is -2.14. The van der Waals surface area contributed by atoms with Crippen LogP contribution in [0.5, 0.6) is 0 Å². The third-order valence-electron chi connectivity index (χ3n) is 2.39. The van der Waals surface area contributed by atoms with Gasteiger partial charge in [0.25, 0.3) is 10.0 Å². The fourth-order valence-corrected chi connectivity index (χ4v) is 2.82. The molecule has 16 heavy (non-hydrogen) atoms. The minimum atomic E-state index is -3.59. The summed E-state index contributed by atoms with van der Waals surface area (Å²) in [5.74, 6) is 0. The maximum atomic E-state index is 12.0. The highest BCUT2D eigenvalue weighted by Gasteiger charge is 2.27. The molecule has 0 aliphatic heterocycles. The Labute approximate surface area is 95.3 Å². The Hall–Kier alpha value is -0.920. The highest BCUT2D eigenvalue weighted by molar-refractivity contribution is 7.89. The molecule has 0 fully saturated rings. The van der Waals surface area contributed by atoms with Gasteiger partial charge in [0.1, 0.15) is 0 Å². The second kappa shape index (κ2) is 4.94. The Balaban J connectivity index is 3.17. The Bertz CT molecular complexity index is 453. The molecule has 0 saturated carbocycles. The zero-order chi connectivity index (χ0) is 12.3. The zero-order valence-electron chi connectivity index (χ0n) is 9.69. The van der Waals surface area contributed by atoms with Crippen molar-refractivity contribution in [3.05, 3.63) is 11.3 Å². The Kier molecular flexibility index (Phi) is 4.06. The van der Waals surface area contributed by atoms with Crippen LogP contribution >= 0.6 is 0 Å². The van der Waals surface area contributed by atoms with Gasteiger partial charge in [-0.05, 0) is 13.3 Å². The van der Waals surface area contributed by atoms with Crippen molar-refractivity contribution < 1.29 is 13.5 Å². The number of aliphatic hydroxyl groups is 1. The van der Waals surface area contributed by atoms with Crippen LogP contribution in [0.3, 0.4) is 0 Å². The van der Waals surface area contributed by atoms with Crippen molar-refractivity contribution in [3.8, 4) is 0 Å². The summed E-state index contributed by atoms with van der Waals surface area (Å²) in [5.41, 5.74) is 0.911. The topological polar surface area (TPSA) is 86.3 Å². The SMILES string of the molecule is CCCN(C)S(=O)(=O)c1n[nH]c(C)c1CO. The highest BCUT2D eigenvalue weighted by Crippen LogP contribution is 2.19. The maximum Gasteiger partial charge on any atom is 0.262 e. The van der Waals surface area contributed by atoms with Gasteiger partial charge in [0, 0.05) is 24.8 Å². The quantitative estimate of drug-likeness (QED) is 0.780. The monoisotopic (exact) mass is 247 g/mol. The first-order valence-electron chi connectivity index (χ1n) is 5.06. The second-order valence-electron chi connectivity index (χ2n) is 3.62. The number of nitrogens with one attached hydrogen (secondary N) is 1. The van der Waals surface area contributed by atoms with Crippen LogP contribution in [-0.2, 0) is 16.6 Å². The van der Waals surface area contributed by atoms with E-state index in [1.165, 1.54) is 11.4 Å². The molecule has 7 heteroatoms. The summed E-state index contributed by atoms with van der Waals surface area (Å²) in [6, 6.07) is 0. The smallest absolute Gasteiger partial charge is 0.262 e. The fourth-order valence-electron chi connectivity index (χ4n) is 1.41. The average molecular weight is 247 g/mol. The lowest BCUT2D eigenvalue weighted by molar-refractivity contribution is 0.277. The molecule has 0 unspecified atom stereocenters. The molecule has 0 aliphatic carbocycles. The van der Waals surface area contributed by atoms with Crippen LogP contribution in [0, 0.1) is 6.92 Å². The molecule has 6 nitrogen and oxygen atoms in total. The van der Waals surface area contributed by atoms with Gasteiger partial charge < -0.3 is 5.11 Å². The summed E-state index contributed by atoms with van der Waals surface area (Å²) < 4.78 is 25.3. The van der Waals surface area contributed by atoms with Gasteiger partial charge in [-0.15, -0.1) is 0 Å². The molecule has 0 amide bonds. The van der Waals surface area contributed by atoms with Crippen molar-refractivity contribution in [1.29, 1.82) is 0 Å². The van der Waals surface area contributed by atoms with Crippen LogP contribution in [0.25, 0.3) is 0 Å². The lowest BCUT2D eigenvalue weighted by atomic mass is 10.3. The Morgan fingerprint density at radius 3 is 2.62 bits per heavy atom. The number of H-pyrrole nitrogens is 1. The van der Waals surface area contributed by atoms with Crippen molar-refractivity contribution in [2.45, 2.75) is 31.9 Å². The highest BCUT2D eigenvalue weighted by atomic mass is 32.2. The first-order chi connectivity index (χ1) is 7.45. The van der Waals surface area contributed by atoms with Gasteiger partial charge in [-0.2, -0.15) is 9.40 Å². The Morgan fingerprint density at radius 2 is 2.12 bits per heavy atom. The molecule has 0 atom stereocenters.